The first kappa shape index (κ1) is 24.4. The van der Waals surface area contributed by atoms with E-state index in [1.165, 1.54) is 65.7 Å². The van der Waals surface area contributed by atoms with E-state index in [0.29, 0.717) is 0 Å². The van der Waals surface area contributed by atoms with E-state index < -0.39 is 0 Å². The predicted octanol–water partition coefficient (Wildman–Crippen LogP) is 10.7. The van der Waals surface area contributed by atoms with E-state index in [9.17, 15) is 0 Å². The number of nitrogens with zero attached hydrogens (tertiary/aromatic N) is 2. The molecule has 0 saturated heterocycles. The van der Waals surface area contributed by atoms with E-state index in [1.807, 2.05) is 6.07 Å². The van der Waals surface area contributed by atoms with Gasteiger partial charge in [0, 0.05) is 18.0 Å². The van der Waals surface area contributed by atoms with Crippen molar-refractivity contribution in [3.8, 4) is 33.6 Å². The molecule has 0 atom stereocenters. The molecule has 0 N–H and O–H groups in total. The highest BCUT2D eigenvalue weighted by atomic mass is 15.1. The molecule has 1 aromatic heterocycles. The third-order valence-electron chi connectivity index (χ3n) is 9.74. The largest absolute Gasteiger partial charge is 0.327 e. The van der Waals surface area contributed by atoms with Crippen LogP contribution >= 0.6 is 0 Å². The van der Waals surface area contributed by atoms with Crippen molar-refractivity contribution in [3.63, 3.8) is 0 Å². The average Bonchev–Trinajstić information content (AvgIpc) is 3.50. The van der Waals surface area contributed by atoms with E-state index in [0.717, 1.165) is 22.4 Å². The molecule has 1 aliphatic carbocycles. The lowest BCUT2D eigenvalue weighted by Crippen LogP contribution is -2.15. The highest BCUT2D eigenvalue weighted by Crippen LogP contribution is 2.55. The SMILES string of the molecule is Cn1c(-c2ccc(-c3ccc4cc5c(cc4c3)C(C)(C)c3c-5c4ccccc4c4ccccc34)cc2)nc2ccccc21. The van der Waals surface area contributed by atoms with Crippen LogP contribution in [0.1, 0.15) is 25.0 Å². The van der Waals surface area contributed by atoms with Gasteiger partial charge in [0.05, 0.1) is 11.0 Å². The zero-order chi connectivity index (χ0) is 28.9. The van der Waals surface area contributed by atoms with Gasteiger partial charge in [-0.15, -0.1) is 0 Å². The Labute approximate surface area is 250 Å². The van der Waals surface area contributed by atoms with Gasteiger partial charge in [0.25, 0.3) is 0 Å². The number of hydrogen-bond acceptors (Lipinski definition) is 1. The van der Waals surface area contributed by atoms with Gasteiger partial charge >= 0.3 is 0 Å². The number of rotatable bonds is 2. The van der Waals surface area contributed by atoms with Crippen LogP contribution < -0.4 is 0 Å². The molecular weight excluding hydrogens is 520 g/mol. The van der Waals surface area contributed by atoms with Crippen molar-refractivity contribution in [2.24, 2.45) is 7.05 Å². The van der Waals surface area contributed by atoms with Gasteiger partial charge in [0.15, 0.2) is 0 Å². The molecule has 0 amide bonds. The summed E-state index contributed by atoms with van der Waals surface area (Å²) in [6, 6.07) is 46.8. The molecule has 204 valence electrons. The van der Waals surface area contributed by atoms with E-state index in [4.69, 9.17) is 4.98 Å². The molecule has 0 aliphatic heterocycles. The zero-order valence-electron chi connectivity index (χ0n) is 24.5. The summed E-state index contributed by atoms with van der Waals surface area (Å²) in [7, 11) is 2.09. The highest BCUT2D eigenvalue weighted by molar-refractivity contribution is 6.19. The van der Waals surface area contributed by atoms with Gasteiger partial charge in [-0.25, -0.2) is 4.98 Å². The Kier molecular flexibility index (Phi) is 4.91. The molecule has 0 bridgehead atoms. The van der Waals surface area contributed by atoms with Gasteiger partial charge in [-0.3, -0.25) is 0 Å². The van der Waals surface area contributed by atoms with Crippen LogP contribution in [0, 0.1) is 0 Å². The van der Waals surface area contributed by atoms with Crippen molar-refractivity contribution >= 4 is 43.4 Å². The predicted molar refractivity (Wildman–Crippen MR) is 182 cm³/mol. The molecule has 0 fully saturated rings. The lowest BCUT2D eigenvalue weighted by atomic mass is 9.79. The van der Waals surface area contributed by atoms with Crippen molar-refractivity contribution < 1.29 is 0 Å². The van der Waals surface area contributed by atoms with Gasteiger partial charge in [-0.1, -0.05) is 111 Å². The second kappa shape index (κ2) is 8.65. The van der Waals surface area contributed by atoms with Gasteiger partial charge in [-0.2, -0.15) is 0 Å². The maximum atomic E-state index is 4.89. The Morgan fingerprint density at radius 1 is 0.558 bits per heavy atom. The van der Waals surface area contributed by atoms with Crippen LogP contribution in [-0.4, -0.2) is 9.55 Å². The van der Waals surface area contributed by atoms with E-state index in [1.54, 1.807) is 0 Å². The van der Waals surface area contributed by atoms with Crippen LogP contribution in [0.25, 0.3) is 77.0 Å². The third-order valence-corrected chi connectivity index (χ3v) is 9.74. The van der Waals surface area contributed by atoms with E-state index in [2.05, 4.69) is 147 Å². The van der Waals surface area contributed by atoms with Crippen LogP contribution in [0.4, 0.5) is 0 Å². The third kappa shape index (κ3) is 3.38. The van der Waals surface area contributed by atoms with E-state index in [-0.39, 0.29) is 5.41 Å². The standard InChI is InChI=1S/C41H30N2/c1-41(2)35-24-29-22-27(25-16-18-26(19-17-25)40-42-36-14-8-9-15-37(36)43(40)3)20-21-28(29)23-34(35)38-32-12-6-4-10-30(32)31-11-5-7-13-33(31)39(38)41/h4-24H,1-3H3. The molecule has 2 heteroatoms. The molecule has 8 aromatic rings. The molecular formula is C41H30N2. The van der Waals surface area contributed by atoms with Crippen molar-refractivity contribution in [1.82, 2.24) is 9.55 Å². The maximum Gasteiger partial charge on any atom is 0.140 e. The Bertz CT molecular complexity index is 2420. The molecule has 0 saturated carbocycles. The average molecular weight is 551 g/mol. The van der Waals surface area contributed by atoms with Crippen molar-refractivity contribution in [2.45, 2.75) is 19.3 Å². The number of aromatic nitrogens is 2. The minimum Gasteiger partial charge on any atom is -0.327 e. The summed E-state index contributed by atoms with van der Waals surface area (Å²) in [5.74, 6) is 0.990. The second-order valence-electron chi connectivity index (χ2n) is 12.5. The normalized spacial score (nSPS) is 13.7. The van der Waals surface area contributed by atoms with Crippen LogP contribution in [0.3, 0.4) is 0 Å². The highest BCUT2D eigenvalue weighted by Gasteiger charge is 2.38. The Balaban J connectivity index is 1.18. The Morgan fingerprint density at radius 2 is 1.19 bits per heavy atom. The summed E-state index contributed by atoms with van der Waals surface area (Å²) >= 11 is 0. The topological polar surface area (TPSA) is 17.8 Å². The fourth-order valence-corrected chi connectivity index (χ4v) is 7.62. The van der Waals surface area contributed by atoms with Crippen molar-refractivity contribution in [1.29, 1.82) is 0 Å². The van der Waals surface area contributed by atoms with Gasteiger partial charge in [-0.05, 0) is 96.0 Å². The minimum atomic E-state index is -0.105. The number of benzene rings is 7. The number of aryl methyl sites for hydroxylation is 1. The van der Waals surface area contributed by atoms with Gasteiger partial charge in [0.1, 0.15) is 5.82 Å². The smallest absolute Gasteiger partial charge is 0.140 e. The zero-order valence-corrected chi connectivity index (χ0v) is 24.5. The summed E-state index contributed by atoms with van der Waals surface area (Å²) < 4.78 is 2.17. The first-order valence-electron chi connectivity index (χ1n) is 15.0. The minimum absolute atomic E-state index is 0.105. The fourth-order valence-electron chi connectivity index (χ4n) is 7.62. The lowest BCUT2D eigenvalue weighted by Gasteiger charge is -2.24. The first-order chi connectivity index (χ1) is 21.0. The quantitative estimate of drug-likeness (QED) is 0.196. The Hall–Kier alpha value is -5.21. The lowest BCUT2D eigenvalue weighted by molar-refractivity contribution is 0.667. The monoisotopic (exact) mass is 550 g/mol. The number of hydrogen-bond donors (Lipinski definition) is 0. The molecule has 2 nitrogen and oxygen atoms in total. The summed E-state index contributed by atoms with van der Waals surface area (Å²) in [4.78, 5) is 4.89. The van der Waals surface area contributed by atoms with Gasteiger partial charge in [0.2, 0.25) is 0 Å². The number of imidazole rings is 1. The molecule has 0 radical (unpaired) electrons. The Morgan fingerprint density at radius 3 is 1.95 bits per heavy atom. The summed E-state index contributed by atoms with van der Waals surface area (Å²) in [5, 5.41) is 7.94. The first-order valence-corrected chi connectivity index (χ1v) is 15.0. The summed E-state index contributed by atoms with van der Waals surface area (Å²) in [6.45, 7) is 4.79. The molecule has 43 heavy (non-hydrogen) atoms. The van der Waals surface area contributed by atoms with Crippen LogP contribution in [0.2, 0.25) is 0 Å². The van der Waals surface area contributed by atoms with Crippen molar-refractivity contribution in [3.05, 3.63) is 139 Å². The number of para-hydroxylation sites is 2. The number of fused-ring (bicyclic) bond motifs is 10. The van der Waals surface area contributed by atoms with Crippen LogP contribution in [0.15, 0.2) is 127 Å². The fraction of sp³-hybridized carbons (Fsp3) is 0.0976. The molecule has 0 unspecified atom stereocenters. The molecule has 1 heterocycles. The van der Waals surface area contributed by atoms with E-state index >= 15 is 0 Å². The molecule has 0 spiro atoms. The molecule has 7 aromatic carbocycles. The summed E-state index contributed by atoms with van der Waals surface area (Å²) in [6.07, 6.45) is 0. The molecule has 1 aliphatic rings. The van der Waals surface area contributed by atoms with Crippen molar-refractivity contribution in [2.75, 3.05) is 0 Å². The maximum absolute atomic E-state index is 4.89. The van der Waals surface area contributed by atoms with Gasteiger partial charge < -0.3 is 4.57 Å². The molecule has 9 rings (SSSR count). The summed E-state index contributed by atoms with van der Waals surface area (Å²) in [5.41, 5.74) is 11.3. The van der Waals surface area contributed by atoms with Crippen LogP contribution in [0.5, 0.6) is 0 Å². The van der Waals surface area contributed by atoms with Crippen LogP contribution in [-0.2, 0) is 12.5 Å². The second-order valence-corrected chi connectivity index (χ2v) is 12.5.